The maximum absolute atomic E-state index is 5.93. The van der Waals surface area contributed by atoms with Crippen LogP contribution in [0.2, 0.25) is 0 Å². The first kappa shape index (κ1) is 11.2. The highest BCUT2D eigenvalue weighted by molar-refractivity contribution is 5.99. The molecule has 0 radical (unpaired) electrons. The van der Waals surface area contributed by atoms with Crippen LogP contribution in [0.15, 0.2) is 53.5 Å². The summed E-state index contributed by atoms with van der Waals surface area (Å²) >= 11 is 0. The van der Waals surface area contributed by atoms with Crippen LogP contribution in [0.25, 0.3) is 0 Å². The van der Waals surface area contributed by atoms with E-state index in [1.54, 1.807) is 0 Å². The van der Waals surface area contributed by atoms with Crippen molar-refractivity contribution >= 4 is 17.2 Å². The smallest absolute Gasteiger partial charge is 0.131 e. The van der Waals surface area contributed by atoms with Gasteiger partial charge in [0.1, 0.15) is 5.84 Å². The van der Waals surface area contributed by atoms with Gasteiger partial charge in [-0.2, -0.15) is 0 Å². The molecule has 2 rings (SSSR count). The third kappa shape index (κ3) is 2.64. The molecule has 0 amide bonds. The van der Waals surface area contributed by atoms with Gasteiger partial charge in [-0.05, 0) is 24.6 Å². The van der Waals surface area contributed by atoms with Crippen molar-refractivity contribution in [2.45, 2.75) is 6.92 Å². The molecule has 0 bridgehead atoms. The van der Waals surface area contributed by atoms with Gasteiger partial charge in [0.25, 0.3) is 0 Å². The molecule has 2 aromatic carbocycles. The summed E-state index contributed by atoms with van der Waals surface area (Å²) in [7, 11) is 0. The van der Waals surface area contributed by atoms with E-state index in [-0.39, 0.29) is 0 Å². The fourth-order valence-electron chi connectivity index (χ4n) is 1.58. The Morgan fingerprint density at radius 3 is 2.41 bits per heavy atom. The number of hydrogen-bond donors (Lipinski definition) is 2. The van der Waals surface area contributed by atoms with Crippen LogP contribution in [0.5, 0.6) is 0 Å². The molecule has 2 aromatic rings. The number of aliphatic imine (C=N–C) groups is 1. The number of aryl methyl sites for hydroxylation is 1. The molecule has 86 valence electrons. The first-order valence-corrected chi connectivity index (χ1v) is 5.42. The van der Waals surface area contributed by atoms with Crippen LogP contribution in [0.3, 0.4) is 0 Å². The molecular formula is C14H15N3. The summed E-state index contributed by atoms with van der Waals surface area (Å²) in [6.45, 7) is 1.99. The van der Waals surface area contributed by atoms with Crippen molar-refractivity contribution in [3.8, 4) is 0 Å². The Morgan fingerprint density at radius 1 is 1.06 bits per heavy atom. The van der Waals surface area contributed by atoms with Gasteiger partial charge in [0.2, 0.25) is 0 Å². The number of rotatable bonds is 2. The molecule has 0 unspecified atom stereocenters. The minimum atomic E-state index is 0.473. The van der Waals surface area contributed by atoms with E-state index in [9.17, 15) is 0 Å². The Balaban J connectivity index is 2.36. The van der Waals surface area contributed by atoms with E-state index in [4.69, 9.17) is 11.5 Å². The second-order valence-electron chi connectivity index (χ2n) is 3.93. The molecule has 0 atom stereocenters. The topological polar surface area (TPSA) is 64.4 Å². The van der Waals surface area contributed by atoms with Gasteiger partial charge in [0.15, 0.2) is 0 Å². The molecule has 4 N–H and O–H groups in total. The molecule has 0 aromatic heterocycles. The Morgan fingerprint density at radius 2 is 1.76 bits per heavy atom. The zero-order valence-corrected chi connectivity index (χ0v) is 9.72. The maximum atomic E-state index is 5.93. The molecule has 17 heavy (non-hydrogen) atoms. The average Bonchev–Trinajstić information content (AvgIpc) is 2.34. The van der Waals surface area contributed by atoms with Crippen molar-refractivity contribution in [2.24, 2.45) is 10.7 Å². The van der Waals surface area contributed by atoms with Gasteiger partial charge < -0.3 is 11.5 Å². The second kappa shape index (κ2) is 4.70. The predicted molar refractivity (Wildman–Crippen MR) is 72.4 cm³/mol. The van der Waals surface area contributed by atoms with Crippen molar-refractivity contribution in [1.82, 2.24) is 0 Å². The number of benzene rings is 2. The monoisotopic (exact) mass is 225 g/mol. The van der Waals surface area contributed by atoms with Gasteiger partial charge in [-0.1, -0.05) is 36.4 Å². The van der Waals surface area contributed by atoms with E-state index < -0.39 is 0 Å². The minimum Gasteiger partial charge on any atom is -0.397 e. The van der Waals surface area contributed by atoms with Crippen molar-refractivity contribution in [1.29, 1.82) is 0 Å². The first-order valence-electron chi connectivity index (χ1n) is 5.42. The second-order valence-corrected chi connectivity index (χ2v) is 3.93. The molecule has 0 aliphatic carbocycles. The van der Waals surface area contributed by atoms with Gasteiger partial charge in [-0.25, -0.2) is 4.99 Å². The third-order valence-electron chi connectivity index (χ3n) is 2.49. The standard InChI is InChI=1S/C14H15N3/c1-10-7-8-13(12(15)9-10)17-14(16)11-5-3-2-4-6-11/h2-9H,15H2,1H3,(H2,16,17). The number of amidine groups is 1. The summed E-state index contributed by atoms with van der Waals surface area (Å²) in [6.07, 6.45) is 0. The number of nitrogens with two attached hydrogens (primary N) is 2. The van der Waals surface area contributed by atoms with E-state index in [0.29, 0.717) is 17.2 Å². The fraction of sp³-hybridized carbons (Fsp3) is 0.0714. The third-order valence-corrected chi connectivity index (χ3v) is 2.49. The molecule has 0 fully saturated rings. The van der Waals surface area contributed by atoms with Crippen molar-refractivity contribution in [3.05, 3.63) is 59.7 Å². The largest absolute Gasteiger partial charge is 0.397 e. The van der Waals surface area contributed by atoms with E-state index in [1.807, 2.05) is 55.5 Å². The minimum absolute atomic E-state index is 0.473. The number of nitrogen functional groups attached to an aromatic ring is 1. The molecule has 3 nitrogen and oxygen atoms in total. The van der Waals surface area contributed by atoms with E-state index in [0.717, 1.165) is 11.1 Å². The van der Waals surface area contributed by atoms with Crippen LogP contribution in [-0.4, -0.2) is 5.84 Å². The van der Waals surface area contributed by atoms with Gasteiger partial charge in [-0.15, -0.1) is 0 Å². The van der Waals surface area contributed by atoms with Gasteiger partial charge in [0, 0.05) is 5.56 Å². The molecular weight excluding hydrogens is 210 g/mol. The number of anilines is 1. The van der Waals surface area contributed by atoms with Crippen LogP contribution in [-0.2, 0) is 0 Å². The highest BCUT2D eigenvalue weighted by Gasteiger charge is 2.00. The van der Waals surface area contributed by atoms with Crippen molar-refractivity contribution in [3.63, 3.8) is 0 Å². The average molecular weight is 225 g/mol. The van der Waals surface area contributed by atoms with E-state index in [2.05, 4.69) is 4.99 Å². The van der Waals surface area contributed by atoms with Crippen LogP contribution in [0.4, 0.5) is 11.4 Å². The number of nitrogens with zero attached hydrogens (tertiary/aromatic N) is 1. The zero-order chi connectivity index (χ0) is 12.3. The molecule has 3 heteroatoms. The molecule has 0 aliphatic heterocycles. The first-order chi connectivity index (χ1) is 8.16. The molecule has 0 saturated carbocycles. The highest BCUT2D eigenvalue weighted by Crippen LogP contribution is 2.23. The molecule has 0 spiro atoms. The predicted octanol–water partition coefficient (Wildman–Crippen LogP) is 2.61. The Bertz CT molecular complexity index is 545. The fourth-order valence-corrected chi connectivity index (χ4v) is 1.58. The number of hydrogen-bond acceptors (Lipinski definition) is 2. The Labute approximate surface area is 101 Å². The van der Waals surface area contributed by atoms with E-state index in [1.165, 1.54) is 0 Å². The van der Waals surface area contributed by atoms with E-state index >= 15 is 0 Å². The van der Waals surface area contributed by atoms with Crippen molar-refractivity contribution < 1.29 is 0 Å². The quantitative estimate of drug-likeness (QED) is 0.469. The lowest BCUT2D eigenvalue weighted by Gasteiger charge is -2.04. The lowest BCUT2D eigenvalue weighted by molar-refractivity contribution is 1.41. The Hall–Kier alpha value is -2.29. The summed E-state index contributed by atoms with van der Waals surface area (Å²) in [5.41, 5.74) is 15.2. The van der Waals surface area contributed by atoms with Gasteiger partial charge >= 0.3 is 0 Å². The summed E-state index contributed by atoms with van der Waals surface area (Å²) in [5.74, 6) is 0.473. The molecule has 0 heterocycles. The lowest BCUT2D eigenvalue weighted by atomic mass is 10.2. The van der Waals surface area contributed by atoms with Gasteiger partial charge in [0.05, 0.1) is 11.4 Å². The maximum Gasteiger partial charge on any atom is 0.131 e. The van der Waals surface area contributed by atoms with Crippen LogP contribution < -0.4 is 11.5 Å². The van der Waals surface area contributed by atoms with Crippen LogP contribution >= 0.6 is 0 Å². The molecule has 0 saturated heterocycles. The van der Waals surface area contributed by atoms with Gasteiger partial charge in [-0.3, -0.25) is 0 Å². The summed E-state index contributed by atoms with van der Waals surface area (Å²) in [4.78, 5) is 4.34. The zero-order valence-electron chi connectivity index (χ0n) is 9.72. The summed E-state index contributed by atoms with van der Waals surface area (Å²) in [5, 5.41) is 0. The normalized spacial score (nSPS) is 11.5. The SMILES string of the molecule is Cc1ccc(N=C(N)c2ccccc2)c(N)c1. The Kier molecular flexibility index (Phi) is 3.10. The lowest BCUT2D eigenvalue weighted by Crippen LogP contribution is -2.12. The highest BCUT2D eigenvalue weighted by atomic mass is 14.9. The summed E-state index contributed by atoms with van der Waals surface area (Å²) < 4.78 is 0. The van der Waals surface area contributed by atoms with Crippen molar-refractivity contribution in [2.75, 3.05) is 5.73 Å². The van der Waals surface area contributed by atoms with Crippen LogP contribution in [0.1, 0.15) is 11.1 Å². The van der Waals surface area contributed by atoms with Crippen LogP contribution in [0, 0.1) is 6.92 Å². The molecule has 0 aliphatic rings. The summed E-state index contributed by atoms with van der Waals surface area (Å²) in [6, 6.07) is 15.4.